The van der Waals surface area contributed by atoms with Gasteiger partial charge in [-0.3, -0.25) is 0 Å². The third kappa shape index (κ3) is 1.44. The summed E-state index contributed by atoms with van der Waals surface area (Å²) >= 11 is 0. The van der Waals surface area contributed by atoms with Crippen molar-refractivity contribution < 1.29 is 9.53 Å². The summed E-state index contributed by atoms with van der Waals surface area (Å²) in [6.07, 6.45) is 1.73. The van der Waals surface area contributed by atoms with E-state index < -0.39 is 5.54 Å². The van der Waals surface area contributed by atoms with Gasteiger partial charge in [-0.25, -0.2) is 9.78 Å². The van der Waals surface area contributed by atoms with Crippen molar-refractivity contribution in [2.75, 3.05) is 11.9 Å². The summed E-state index contributed by atoms with van der Waals surface area (Å²) in [5.74, 6) is 1.23. The molecule has 18 heavy (non-hydrogen) atoms. The molecule has 1 saturated carbocycles. The molecule has 1 aliphatic carbocycles. The van der Waals surface area contributed by atoms with Crippen LogP contribution >= 0.6 is 0 Å². The van der Waals surface area contributed by atoms with Crippen molar-refractivity contribution >= 4 is 11.8 Å². The summed E-state index contributed by atoms with van der Waals surface area (Å²) in [6.45, 7) is 6.39. The maximum atomic E-state index is 11.9. The van der Waals surface area contributed by atoms with Crippen LogP contribution in [0.25, 0.3) is 0 Å². The zero-order valence-electron chi connectivity index (χ0n) is 11.3. The Morgan fingerprint density at radius 1 is 1.33 bits per heavy atom. The smallest absolute Gasteiger partial charge is 0.337 e. The molecule has 2 aliphatic rings. The second-order valence-electron chi connectivity index (χ2n) is 6.25. The lowest BCUT2D eigenvalue weighted by Crippen LogP contribution is -2.47. The molecular formula is C14H18N2O2. The van der Waals surface area contributed by atoms with Gasteiger partial charge in [0.25, 0.3) is 0 Å². The Morgan fingerprint density at radius 3 is 2.56 bits per heavy atom. The van der Waals surface area contributed by atoms with E-state index in [0.29, 0.717) is 5.75 Å². The molecule has 4 nitrogen and oxygen atoms in total. The second kappa shape index (κ2) is 3.25. The third-order valence-corrected chi connectivity index (χ3v) is 3.87. The van der Waals surface area contributed by atoms with Crippen LogP contribution in [-0.2, 0) is 10.2 Å². The molecule has 0 amide bonds. The highest BCUT2D eigenvalue weighted by Crippen LogP contribution is 2.49. The summed E-state index contributed by atoms with van der Waals surface area (Å²) < 4.78 is 5.40. The van der Waals surface area contributed by atoms with E-state index in [1.165, 1.54) is 0 Å². The van der Waals surface area contributed by atoms with Gasteiger partial charge in [-0.2, -0.15) is 0 Å². The lowest BCUT2D eigenvalue weighted by atomic mass is 9.91. The number of anilines is 1. The highest BCUT2D eigenvalue weighted by atomic mass is 16.5. The number of esters is 1. The van der Waals surface area contributed by atoms with E-state index in [2.05, 4.69) is 25.8 Å². The Labute approximate surface area is 107 Å². The first kappa shape index (κ1) is 11.5. The first-order chi connectivity index (χ1) is 8.34. The molecule has 1 aromatic heterocycles. The Hall–Kier alpha value is -1.58. The van der Waals surface area contributed by atoms with Crippen molar-refractivity contribution in [1.29, 1.82) is 0 Å². The Kier molecular flexibility index (Phi) is 2.08. The zero-order valence-corrected chi connectivity index (χ0v) is 11.3. The number of fused-ring (bicyclic) bond motifs is 1. The number of likely N-dealkylation sites (N-methyl/N-ethyl adjacent to an activating group) is 1. The topological polar surface area (TPSA) is 42.4 Å². The summed E-state index contributed by atoms with van der Waals surface area (Å²) in [6, 6.07) is 3.79. The number of rotatable bonds is 0. The van der Waals surface area contributed by atoms with Crippen LogP contribution in [0, 0.1) is 0 Å². The Balaban J connectivity index is 2.09. The highest BCUT2D eigenvalue weighted by Gasteiger charge is 2.58. The van der Waals surface area contributed by atoms with Gasteiger partial charge in [-0.1, -0.05) is 20.8 Å². The molecule has 96 valence electrons. The molecule has 1 aromatic rings. The maximum Gasteiger partial charge on any atom is 0.337 e. The minimum atomic E-state index is -0.434. The van der Waals surface area contributed by atoms with Crippen molar-refractivity contribution in [3.05, 3.63) is 17.8 Å². The summed E-state index contributed by atoms with van der Waals surface area (Å²) in [7, 11) is 1.94. The van der Waals surface area contributed by atoms with Gasteiger partial charge in [-0.05, 0) is 25.0 Å². The van der Waals surface area contributed by atoms with E-state index in [4.69, 9.17) is 4.74 Å². The van der Waals surface area contributed by atoms with Gasteiger partial charge in [0, 0.05) is 18.2 Å². The minimum Gasteiger partial charge on any atom is -0.421 e. The number of ether oxygens (including phenoxy) is 1. The van der Waals surface area contributed by atoms with E-state index in [-0.39, 0.29) is 11.4 Å². The molecule has 0 N–H and O–H groups in total. The van der Waals surface area contributed by atoms with Crippen molar-refractivity contribution in [1.82, 2.24) is 4.98 Å². The van der Waals surface area contributed by atoms with Crippen LogP contribution in [0.1, 0.15) is 39.3 Å². The lowest BCUT2D eigenvalue weighted by Gasteiger charge is -2.34. The van der Waals surface area contributed by atoms with Gasteiger partial charge < -0.3 is 9.64 Å². The average molecular weight is 246 g/mol. The molecule has 0 radical (unpaired) electrons. The lowest BCUT2D eigenvalue weighted by molar-refractivity contribution is -0.137. The van der Waals surface area contributed by atoms with Gasteiger partial charge in [0.15, 0.2) is 11.6 Å². The average Bonchev–Trinajstić information content (AvgIpc) is 3.06. The number of nitrogens with zero attached hydrogens (tertiary/aromatic N) is 2. The molecule has 0 saturated heterocycles. The van der Waals surface area contributed by atoms with Crippen LogP contribution in [0.5, 0.6) is 5.75 Å². The van der Waals surface area contributed by atoms with E-state index in [1.54, 1.807) is 0 Å². The van der Waals surface area contributed by atoms with E-state index >= 15 is 0 Å². The first-order valence-electron chi connectivity index (χ1n) is 6.32. The van der Waals surface area contributed by atoms with Gasteiger partial charge in [0.1, 0.15) is 5.54 Å². The predicted octanol–water partition coefficient (Wildman–Crippen LogP) is 2.27. The van der Waals surface area contributed by atoms with Crippen LogP contribution in [-0.4, -0.2) is 23.5 Å². The number of carbonyl (C=O) groups excluding carboxylic acids is 1. The predicted molar refractivity (Wildman–Crippen MR) is 68.9 cm³/mol. The van der Waals surface area contributed by atoms with Crippen LogP contribution < -0.4 is 9.64 Å². The van der Waals surface area contributed by atoms with Gasteiger partial charge in [0.05, 0.1) is 0 Å². The molecule has 1 spiro atoms. The molecule has 4 heteroatoms. The fourth-order valence-electron chi connectivity index (χ4n) is 2.37. The highest BCUT2D eigenvalue weighted by molar-refractivity contribution is 5.93. The van der Waals surface area contributed by atoms with Crippen molar-refractivity contribution in [2.45, 2.75) is 44.6 Å². The minimum absolute atomic E-state index is 0.00591. The molecule has 3 rings (SSSR count). The summed E-state index contributed by atoms with van der Waals surface area (Å²) in [5.41, 5.74) is 0.576. The monoisotopic (exact) mass is 246 g/mol. The second-order valence-corrected chi connectivity index (χ2v) is 6.25. The normalized spacial score (nSPS) is 20.7. The van der Waals surface area contributed by atoms with Gasteiger partial charge in [0.2, 0.25) is 0 Å². The van der Waals surface area contributed by atoms with E-state index in [9.17, 15) is 4.79 Å². The molecular weight excluding hydrogens is 228 g/mol. The van der Waals surface area contributed by atoms with Crippen LogP contribution in [0.2, 0.25) is 0 Å². The SMILES string of the molecule is CN1c2nc(C(C)(C)C)ccc2OC(=O)C12CC2. The van der Waals surface area contributed by atoms with Gasteiger partial charge in [-0.15, -0.1) is 0 Å². The molecule has 1 fully saturated rings. The summed E-state index contributed by atoms with van der Waals surface area (Å²) in [4.78, 5) is 18.6. The Bertz CT molecular complexity index is 527. The number of pyridine rings is 1. The van der Waals surface area contributed by atoms with Crippen LogP contribution in [0.15, 0.2) is 12.1 Å². The standard InChI is InChI=1S/C14H18N2O2/c1-13(2,3)10-6-5-9-11(15-10)16(4)14(7-8-14)12(17)18-9/h5-6H,7-8H2,1-4H3. The molecule has 0 bridgehead atoms. The zero-order chi connectivity index (χ0) is 13.1. The van der Waals surface area contributed by atoms with Gasteiger partial charge >= 0.3 is 5.97 Å². The fraction of sp³-hybridized carbons (Fsp3) is 0.571. The quantitative estimate of drug-likeness (QED) is 0.659. The van der Waals surface area contributed by atoms with Crippen molar-refractivity contribution in [3.63, 3.8) is 0 Å². The number of carbonyl (C=O) groups is 1. The third-order valence-electron chi connectivity index (χ3n) is 3.87. The molecule has 1 aliphatic heterocycles. The van der Waals surface area contributed by atoms with Crippen molar-refractivity contribution in [3.8, 4) is 5.75 Å². The first-order valence-corrected chi connectivity index (χ1v) is 6.32. The molecule has 2 heterocycles. The van der Waals surface area contributed by atoms with Crippen LogP contribution in [0.3, 0.4) is 0 Å². The number of aromatic nitrogens is 1. The van der Waals surface area contributed by atoms with E-state index in [0.717, 1.165) is 24.4 Å². The fourth-order valence-corrected chi connectivity index (χ4v) is 2.37. The molecule has 0 aromatic carbocycles. The largest absolute Gasteiger partial charge is 0.421 e. The van der Waals surface area contributed by atoms with Crippen molar-refractivity contribution in [2.24, 2.45) is 0 Å². The molecule has 0 unspecified atom stereocenters. The molecule has 0 atom stereocenters. The van der Waals surface area contributed by atoms with E-state index in [1.807, 2.05) is 24.1 Å². The maximum absolute atomic E-state index is 11.9. The Morgan fingerprint density at radius 2 is 2.00 bits per heavy atom. The summed E-state index contributed by atoms with van der Waals surface area (Å²) in [5, 5.41) is 0. The number of hydrogen-bond acceptors (Lipinski definition) is 4. The number of hydrogen-bond donors (Lipinski definition) is 0. The van der Waals surface area contributed by atoms with Crippen LogP contribution in [0.4, 0.5) is 5.82 Å².